The SMILES string of the molecule is CC1=CC(OC(=O)C(C)(O)CCC(C)(C(=O)OC2(C(C)C)CCCC3(C)OC32)C(C)C)C(C(C)C)CC1. The summed E-state index contributed by atoms with van der Waals surface area (Å²) in [6, 6.07) is 0. The van der Waals surface area contributed by atoms with Gasteiger partial charge in [-0.05, 0) is 96.5 Å². The highest BCUT2D eigenvalue weighted by Gasteiger charge is 2.68. The van der Waals surface area contributed by atoms with Gasteiger partial charge in [-0.3, -0.25) is 4.79 Å². The highest BCUT2D eigenvalue weighted by Crippen LogP contribution is 2.57. The molecule has 0 bridgehead atoms. The Kier molecular flexibility index (Phi) is 8.67. The van der Waals surface area contributed by atoms with Crippen LogP contribution in [-0.2, 0) is 23.8 Å². The molecular formula is C31H52O6. The Bertz CT molecular complexity index is 888. The third kappa shape index (κ3) is 5.95. The molecule has 6 heteroatoms. The minimum absolute atomic E-state index is 0.0413. The van der Waals surface area contributed by atoms with Gasteiger partial charge >= 0.3 is 11.9 Å². The lowest BCUT2D eigenvalue weighted by atomic mass is 9.71. The van der Waals surface area contributed by atoms with Gasteiger partial charge in [0.05, 0.1) is 11.0 Å². The van der Waals surface area contributed by atoms with Crippen molar-refractivity contribution in [1.82, 2.24) is 0 Å². The van der Waals surface area contributed by atoms with Crippen LogP contribution in [-0.4, -0.2) is 46.1 Å². The van der Waals surface area contributed by atoms with Crippen molar-refractivity contribution in [3.63, 3.8) is 0 Å². The maximum absolute atomic E-state index is 13.8. The molecule has 0 radical (unpaired) electrons. The Hall–Kier alpha value is -1.40. The zero-order valence-corrected chi connectivity index (χ0v) is 25.0. The van der Waals surface area contributed by atoms with E-state index in [1.54, 1.807) is 0 Å². The van der Waals surface area contributed by atoms with Gasteiger partial charge in [-0.25, -0.2) is 4.79 Å². The number of ether oxygens (including phenoxy) is 3. The number of allylic oxidation sites excluding steroid dienone is 1. The molecule has 3 aliphatic rings. The first kappa shape index (κ1) is 30.1. The lowest BCUT2D eigenvalue weighted by Gasteiger charge is -2.43. The molecule has 0 amide bonds. The second kappa shape index (κ2) is 10.6. The van der Waals surface area contributed by atoms with Crippen LogP contribution < -0.4 is 0 Å². The summed E-state index contributed by atoms with van der Waals surface area (Å²) in [6.45, 7) is 20.0. The second-order valence-electron chi connectivity index (χ2n) is 13.8. The average molecular weight is 521 g/mol. The van der Waals surface area contributed by atoms with Crippen LogP contribution in [0, 0.1) is 29.1 Å². The summed E-state index contributed by atoms with van der Waals surface area (Å²) >= 11 is 0. The molecule has 6 nitrogen and oxygen atoms in total. The molecule has 1 saturated heterocycles. The quantitative estimate of drug-likeness (QED) is 0.204. The molecule has 37 heavy (non-hydrogen) atoms. The van der Waals surface area contributed by atoms with Crippen molar-refractivity contribution in [2.45, 2.75) is 143 Å². The number of carbonyl (C=O) groups is 2. The average Bonchev–Trinajstić information content (AvgIpc) is 3.50. The molecule has 1 heterocycles. The van der Waals surface area contributed by atoms with E-state index in [1.807, 2.05) is 26.8 Å². The first-order chi connectivity index (χ1) is 17.0. The maximum Gasteiger partial charge on any atom is 0.338 e. The zero-order valence-electron chi connectivity index (χ0n) is 25.0. The van der Waals surface area contributed by atoms with Crippen molar-refractivity contribution in [3.8, 4) is 0 Å². The molecule has 1 aliphatic heterocycles. The first-order valence-corrected chi connectivity index (χ1v) is 14.5. The fourth-order valence-corrected chi connectivity index (χ4v) is 6.35. The van der Waals surface area contributed by atoms with Gasteiger partial charge in [0.2, 0.25) is 0 Å². The molecule has 0 aromatic rings. The molecule has 2 fully saturated rings. The predicted octanol–water partition coefficient (Wildman–Crippen LogP) is 6.38. The van der Waals surface area contributed by atoms with Crippen molar-refractivity contribution in [3.05, 3.63) is 11.6 Å². The van der Waals surface area contributed by atoms with E-state index >= 15 is 0 Å². The van der Waals surface area contributed by atoms with E-state index in [4.69, 9.17) is 14.2 Å². The van der Waals surface area contributed by atoms with Crippen molar-refractivity contribution in [2.24, 2.45) is 29.1 Å². The van der Waals surface area contributed by atoms with E-state index in [0.29, 0.717) is 12.3 Å². The topological polar surface area (TPSA) is 85.4 Å². The smallest absolute Gasteiger partial charge is 0.338 e. The van der Waals surface area contributed by atoms with E-state index in [2.05, 4.69) is 41.5 Å². The number of rotatable bonds is 10. The highest BCUT2D eigenvalue weighted by molar-refractivity contribution is 5.80. The number of fused-ring (bicyclic) bond motifs is 1. The van der Waals surface area contributed by atoms with Gasteiger partial charge in [0.25, 0.3) is 0 Å². The molecule has 2 aliphatic carbocycles. The first-order valence-electron chi connectivity index (χ1n) is 14.5. The van der Waals surface area contributed by atoms with E-state index in [9.17, 15) is 14.7 Å². The standard InChI is InChI=1S/C31H52O6/c1-19(2)23-13-12-22(7)18-24(23)35-27(33)29(9,34)17-16-28(8,20(3)4)26(32)37-31(21(5)6)15-11-14-30(10)25(31)36-30/h18-21,23-25,34H,11-17H2,1-10H3. The molecule has 7 unspecified atom stereocenters. The number of esters is 2. The van der Waals surface area contributed by atoms with Crippen molar-refractivity contribution in [1.29, 1.82) is 0 Å². The van der Waals surface area contributed by atoms with Gasteiger partial charge in [0, 0.05) is 5.92 Å². The summed E-state index contributed by atoms with van der Waals surface area (Å²) in [4.78, 5) is 27.0. The molecule has 212 valence electrons. The molecule has 7 atom stereocenters. The predicted molar refractivity (Wildman–Crippen MR) is 145 cm³/mol. The zero-order chi connectivity index (χ0) is 28.0. The van der Waals surface area contributed by atoms with Gasteiger partial charge in [-0.1, -0.05) is 47.1 Å². The molecule has 0 spiro atoms. The summed E-state index contributed by atoms with van der Waals surface area (Å²) in [5.41, 5.74) is -2.20. The highest BCUT2D eigenvalue weighted by atomic mass is 16.7. The lowest BCUT2D eigenvalue weighted by Crippen LogP contribution is -2.53. The molecule has 1 N–H and O–H groups in total. The molecule has 3 rings (SSSR count). The van der Waals surface area contributed by atoms with Crippen LogP contribution >= 0.6 is 0 Å². The Labute approximate surface area is 224 Å². The summed E-state index contributed by atoms with van der Waals surface area (Å²) in [7, 11) is 0. The van der Waals surface area contributed by atoms with Gasteiger partial charge in [0.1, 0.15) is 17.8 Å². The maximum atomic E-state index is 13.8. The number of hydrogen-bond donors (Lipinski definition) is 1. The number of carbonyl (C=O) groups excluding carboxylic acids is 2. The van der Waals surface area contributed by atoms with Crippen LogP contribution in [0.25, 0.3) is 0 Å². The molecular weight excluding hydrogens is 468 g/mol. The van der Waals surface area contributed by atoms with Crippen molar-refractivity contribution < 1.29 is 28.9 Å². The number of hydrogen-bond acceptors (Lipinski definition) is 6. The summed E-state index contributed by atoms with van der Waals surface area (Å²) in [6.07, 6.45) is 6.77. The monoisotopic (exact) mass is 520 g/mol. The van der Waals surface area contributed by atoms with E-state index in [0.717, 1.165) is 32.1 Å². The van der Waals surface area contributed by atoms with E-state index in [1.165, 1.54) is 12.5 Å². The normalized spacial score (nSPS) is 34.9. The third-order valence-electron chi connectivity index (χ3n) is 9.98. The number of aliphatic hydroxyl groups is 1. The van der Waals surface area contributed by atoms with Crippen molar-refractivity contribution >= 4 is 11.9 Å². The molecule has 1 saturated carbocycles. The van der Waals surface area contributed by atoms with Gasteiger partial charge in [0.15, 0.2) is 5.60 Å². The van der Waals surface area contributed by atoms with Crippen LogP contribution in [0.1, 0.15) is 114 Å². The second-order valence-corrected chi connectivity index (χ2v) is 13.8. The van der Waals surface area contributed by atoms with E-state index < -0.39 is 22.6 Å². The Morgan fingerprint density at radius 3 is 2.32 bits per heavy atom. The van der Waals surface area contributed by atoms with Gasteiger partial charge in [-0.2, -0.15) is 0 Å². The van der Waals surface area contributed by atoms with Crippen molar-refractivity contribution in [2.75, 3.05) is 0 Å². The van der Waals surface area contributed by atoms with Gasteiger partial charge in [-0.15, -0.1) is 0 Å². The van der Waals surface area contributed by atoms with Crippen LogP contribution in [0.2, 0.25) is 0 Å². The van der Waals surface area contributed by atoms with Crippen LogP contribution in [0.4, 0.5) is 0 Å². The minimum atomic E-state index is -1.70. The van der Waals surface area contributed by atoms with Crippen LogP contribution in [0.15, 0.2) is 11.6 Å². The summed E-state index contributed by atoms with van der Waals surface area (Å²) < 4.78 is 18.4. The Morgan fingerprint density at radius 2 is 1.76 bits per heavy atom. The fourth-order valence-electron chi connectivity index (χ4n) is 6.35. The van der Waals surface area contributed by atoms with Gasteiger partial charge < -0.3 is 19.3 Å². The summed E-state index contributed by atoms with van der Waals surface area (Å²) in [5, 5.41) is 11.2. The molecule has 0 aromatic carbocycles. The number of epoxide rings is 1. The lowest BCUT2D eigenvalue weighted by molar-refractivity contribution is -0.188. The Morgan fingerprint density at radius 1 is 1.11 bits per heavy atom. The summed E-state index contributed by atoms with van der Waals surface area (Å²) in [5.74, 6) is -0.208. The van der Waals surface area contributed by atoms with E-state index in [-0.39, 0.29) is 48.0 Å². The minimum Gasteiger partial charge on any atom is -0.456 e. The molecule has 0 aromatic heterocycles. The van der Waals surface area contributed by atoms with Crippen LogP contribution in [0.3, 0.4) is 0 Å². The largest absolute Gasteiger partial charge is 0.456 e. The van der Waals surface area contributed by atoms with Crippen LogP contribution in [0.5, 0.6) is 0 Å². The fraction of sp³-hybridized carbons (Fsp3) is 0.871. The third-order valence-corrected chi connectivity index (χ3v) is 9.98. The Balaban J connectivity index is 1.71.